The summed E-state index contributed by atoms with van der Waals surface area (Å²) < 4.78 is 14.2. The maximum atomic E-state index is 14.2. The van der Waals surface area contributed by atoms with E-state index in [2.05, 4.69) is 9.97 Å². The van der Waals surface area contributed by atoms with E-state index in [0.29, 0.717) is 0 Å². The Morgan fingerprint density at radius 3 is 3.00 bits per heavy atom. The third kappa shape index (κ3) is 3.60. The van der Waals surface area contributed by atoms with Crippen LogP contribution in [0.2, 0.25) is 0 Å². The molecule has 0 unspecified atom stereocenters. The van der Waals surface area contributed by atoms with Crippen LogP contribution in [-0.2, 0) is 17.6 Å². The minimum Gasteiger partial charge on any atom is -0.308 e. The van der Waals surface area contributed by atoms with Gasteiger partial charge in [-0.2, -0.15) is 5.26 Å². The smallest absolute Gasteiger partial charge is 0.237 e. The summed E-state index contributed by atoms with van der Waals surface area (Å²) >= 11 is 3.06. The number of rotatable bonds is 6. The Labute approximate surface area is 170 Å². The number of anilines is 1. The molecular weight excluding hydrogens is 395 g/mol. The quantitative estimate of drug-likeness (QED) is 0.444. The molecule has 2 aromatic heterocycles. The maximum Gasteiger partial charge on any atom is 0.237 e. The highest BCUT2D eigenvalue weighted by Gasteiger charge is 2.23. The first-order chi connectivity index (χ1) is 13.7. The van der Waals surface area contributed by atoms with Crippen molar-refractivity contribution < 1.29 is 9.18 Å². The van der Waals surface area contributed by atoms with E-state index in [1.54, 1.807) is 29.5 Å². The number of para-hydroxylation sites is 1. The standard InChI is InChI=1S/C20H17FN4OS2/c21-14-6-1-2-7-15(14)25(10-4-9-22)17(26)11-27-19-18-13-5-3-8-16(13)28-20(18)24-12-23-19/h1-2,6-7,12H,3-5,8,10-11H2. The number of nitrogens with zero attached hydrogens (tertiary/aromatic N) is 4. The van der Waals surface area contributed by atoms with Crippen molar-refractivity contribution in [2.75, 3.05) is 17.2 Å². The second kappa shape index (κ2) is 8.25. The minimum atomic E-state index is -0.473. The zero-order valence-electron chi connectivity index (χ0n) is 15.0. The maximum absolute atomic E-state index is 14.2. The SMILES string of the molecule is N#CCCN(C(=O)CSc1ncnc2sc3c(c12)CCC3)c1ccccc1F. The van der Waals surface area contributed by atoms with Crippen LogP contribution in [-0.4, -0.2) is 28.2 Å². The van der Waals surface area contributed by atoms with E-state index < -0.39 is 5.82 Å². The number of nitriles is 1. The number of fused-ring (bicyclic) bond motifs is 3. The Bertz CT molecular complexity index is 1080. The summed E-state index contributed by atoms with van der Waals surface area (Å²) in [6, 6.07) is 8.16. The molecule has 3 aromatic rings. The van der Waals surface area contributed by atoms with Crippen molar-refractivity contribution in [2.24, 2.45) is 0 Å². The molecule has 2 heterocycles. The van der Waals surface area contributed by atoms with E-state index in [9.17, 15) is 9.18 Å². The highest BCUT2D eigenvalue weighted by atomic mass is 32.2. The van der Waals surface area contributed by atoms with Gasteiger partial charge in [-0.25, -0.2) is 14.4 Å². The summed E-state index contributed by atoms with van der Waals surface area (Å²) in [7, 11) is 0. The van der Waals surface area contributed by atoms with E-state index in [-0.39, 0.29) is 30.3 Å². The first-order valence-electron chi connectivity index (χ1n) is 8.99. The second-order valence-corrected chi connectivity index (χ2v) is 8.46. The molecule has 0 radical (unpaired) electrons. The summed E-state index contributed by atoms with van der Waals surface area (Å²) in [6.07, 6.45) is 4.91. The van der Waals surface area contributed by atoms with Gasteiger partial charge in [0.05, 0.1) is 23.9 Å². The van der Waals surface area contributed by atoms with E-state index >= 15 is 0 Å². The molecule has 142 valence electrons. The van der Waals surface area contributed by atoms with Gasteiger partial charge in [0, 0.05) is 16.8 Å². The van der Waals surface area contributed by atoms with Gasteiger partial charge in [-0.05, 0) is 37.0 Å². The number of aromatic nitrogens is 2. The second-order valence-electron chi connectivity index (χ2n) is 6.41. The largest absolute Gasteiger partial charge is 0.308 e. The fourth-order valence-corrected chi connectivity index (χ4v) is 5.62. The van der Waals surface area contributed by atoms with Gasteiger partial charge in [0.1, 0.15) is 22.0 Å². The van der Waals surface area contributed by atoms with Gasteiger partial charge in [-0.3, -0.25) is 4.79 Å². The molecule has 8 heteroatoms. The van der Waals surface area contributed by atoms with Crippen LogP contribution >= 0.6 is 23.1 Å². The van der Waals surface area contributed by atoms with Gasteiger partial charge in [-0.1, -0.05) is 23.9 Å². The molecule has 1 aliphatic carbocycles. The van der Waals surface area contributed by atoms with Crippen molar-refractivity contribution in [3.05, 3.63) is 46.9 Å². The number of thioether (sulfide) groups is 1. The number of halogens is 1. The summed E-state index contributed by atoms with van der Waals surface area (Å²) in [5.74, 6) is -0.598. The normalized spacial score (nSPS) is 12.7. The molecule has 0 N–H and O–H groups in total. The molecule has 0 bridgehead atoms. The van der Waals surface area contributed by atoms with Crippen molar-refractivity contribution in [3.8, 4) is 6.07 Å². The average molecular weight is 413 g/mol. The lowest BCUT2D eigenvalue weighted by Crippen LogP contribution is -2.34. The number of amides is 1. The zero-order valence-corrected chi connectivity index (χ0v) is 16.7. The number of aryl methyl sites for hydroxylation is 2. The van der Waals surface area contributed by atoms with Crippen molar-refractivity contribution in [2.45, 2.75) is 30.7 Å². The Morgan fingerprint density at radius 1 is 1.32 bits per heavy atom. The highest BCUT2D eigenvalue weighted by molar-refractivity contribution is 8.00. The predicted octanol–water partition coefficient (Wildman–Crippen LogP) is 4.36. The molecule has 1 amide bonds. The van der Waals surface area contributed by atoms with Gasteiger partial charge in [0.15, 0.2) is 0 Å². The molecule has 28 heavy (non-hydrogen) atoms. The number of benzene rings is 1. The van der Waals surface area contributed by atoms with Gasteiger partial charge >= 0.3 is 0 Å². The van der Waals surface area contributed by atoms with E-state index in [4.69, 9.17) is 5.26 Å². The van der Waals surface area contributed by atoms with Gasteiger partial charge < -0.3 is 4.90 Å². The number of carbonyl (C=O) groups is 1. The molecule has 1 aromatic carbocycles. The topological polar surface area (TPSA) is 69.9 Å². The summed E-state index contributed by atoms with van der Waals surface area (Å²) in [5, 5.41) is 10.8. The first-order valence-corrected chi connectivity index (χ1v) is 10.8. The predicted molar refractivity (Wildman–Crippen MR) is 109 cm³/mol. The fraction of sp³-hybridized carbons (Fsp3) is 0.300. The molecule has 4 rings (SSSR count). The molecular formula is C20H17FN4OS2. The lowest BCUT2D eigenvalue weighted by Gasteiger charge is -2.22. The third-order valence-corrected chi connectivity index (χ3v) is 6.86. The summed E-state index contributed by atoms with van der Waals surface area (Å²) in [5.41, 5.74) is 1.51. The highest BCUT2D eigenvalue weighted by Crippen LogP contribution is 2.40. The number of carbonyl (C=O) groups excluding carboxylic acids is 1. The molecule has 0 atom stereocenters. The van der Waals surface area contributed by atoms with Gasteiger partial charge in [0.2, 0.25) is 5.91 Å². The molecule has 5 nitrogen and oxygen atoms in total. The van der Waals surface area contributed by atoms with Crippen LogP contribution in [0.1, 0.15) is 23.3 Å². The Morgan fingerprint density at radius 2 is 2.18 bits per heavy atom. The monoisotopic (exact) mass is 412 g/mol. The van der Waals surface area contributed by atoms with E-state index in [1.807, 2.05) is 6.07 Å². The zero-order chi connectivity index (χ0) is 19.5. The van der Waals surface area contributed by atoms with Crippen molar-refractivity contribution in [3.63, 3.8) is 0 Å². The fourth-order valence-electron chi connectivity index (χ4n) is 3.43. The van der Waals surface area contributed by atoms with Crippen LogP contribution in [0.15, 0.2) is 35.6 Å². The first kappa shape index (κ1) is 18.8. The number of hydrogen-bond donors (Lipinski definition) is 0. The van der Waals surface area contributed by atoms with Crippen LogP contribution in [0, 0.1) is 17.1 Å². The van der Waals surface area contributed by atoms with Crippen LogP contribution in [0.5, 0.6) is 0 Å². The lowest BCUT2D eigenvalue weighted by atomic mass is 10.2. The van der Waals surface area contributed by atoms with Crippen LogP contribution in [0.3, 0.4) is 0 Å². The van der Waals surface area contributed by atoms with Crippen LogP contribution in [0.25, 0.3) is 10.2 Å². The summed E-state index contributed by atoms with van der Waals surface area (Å²) in [6.45, 7) is 0.157. The van der Waals surface area contributed by atoms with Crippen molar-refractivity contribution in [1.29, 1.82) is 5.26 Å². The van der Waals surface area contributed by atoms with Gasteiger partial charge in [0.25, 0.3) is 0 Å². The third-order valence-electron chi connectivity index (χ3n) is 4.69. The van der Waals surface area contributed by atoms with E-state index in [0.717, 1.165) is 34.5 Å². The summed E-state index contributed by atoms with van der Waals surface area (Å²) in [4.78, 5) is 25.3. The molecule has 1 aliphatic rings. The van der Waals surface area contributed by atoms with Crippen molar-refractivity contribution in [1.82, 2.24) is 9.97 Å². The van der Waals surface area contributed by atoms with Crippen molar-refractivity contribution >= 4 is 44.9 Å². The molecule has 0 saturated heterocycles. The van der Waals surface area contributed by atoms with E-state index in [1.165, 1.54) is 39.5 Å². The average Bonchev–Trinajstić information content (AvgIpc) is 3.29. The Balaban J connectivity index is 1.57. The number of hydrogen-bond acceptors (Lipinski definition) is 6. The minimum absolute atomic E-state index is 0.122. The molecule has 0 fully saturated rings. The van der Waals surface area contributed by atoms with Crippen LogP contribution < -0.4 is 4.90 Å². The number of thiophene rings is 1. The van der Waals surface area contributed by atoms with Crippen LogP contribution in [0.4, 0.5) is 10.1 Å². The molecule has 0 saturated carbocycles. The molecule has 0 spiro atoms. The Hall–Kier alpha value is -2.50. The Kier molecular flexibility index (Phi) is 5.55. The lowest BCUT2D eigenvalue weighted by molar-refractivity contribution is -0.116. The molecule has 0 aliphatic heterocycles. The van der Waals surface area contributed by atoms with Gasteiger partial charge in [-0.15, -0.1) is 11.3 Å².